The molecule has 2 aliphatic heterocycles. The molecule has 1 spiro atoms. The molecule has 3 fully saturated rings. The number of nitrogens with one attached hydrogen (secondary N) is 2. The van der Waals surface area contributed by atoms with Crippen molar-refractivity contribution in [1.29, 1.82) is 0 Å². The third kappa shape index (κ3) is 6.07. The molecule has 2 atom stereocenters. The van der Waals surface area contributed by atoms with E-state index in [1.165, 1.54) is 42.9 Å². The first-order valence-corrected chi connectivity index (χ1v) is 16.4. The average Bonchev–Trinajstić information content (AvgIpc) is 3.22. The fourth-order valence-corrected chi connectivity index (χ4v) is 8.36. The summed E-state index contributed by atoms with van der Waals surface area (Å²) in [5.41, 5.74) is 6.45. The molecule has 2 saturated heterocycles. The van der Waals surface area contributed by atoms with Crippen LogP contribution in [0.5, 0.6) is 0 Å². The van der Waals surface area contributed by atoms with E-state index in [9.17, 15) is 17.6 Å². The second-order valence-electron chi connectivity index (χ2n) is 11.9. The third-order valence-corrected chi connectivity index (χ3v) is 10.9. The molecular weight excluding hydrogens is 521 g/mol. The SMILES string of the molecule is CS(=O)(=O)C1CCN(C2C(NC(=O)c3c(N)nn4cc(F)cnc34)CNCC23CCCCCCCCC3)CC1. The highest BCUT2D eigenvalue weighted by molar-refractivity contribution is 7.91. The Morgan fingerprint density at radius 2 is 1.77 bits per heavy atom. The number of carbonyl (C=O) groups is 1. The molecule has 0 radical (unpaired) electrons. The minimum Gasteiger partial charge on any atom is -0.381 e. The van der Waals surface area contributed by atoms with E-state index < -0.39 is 15.7 Å². The lowest BCUT2D eigenvalue weighted by Crippen LogP contribution is -2.69. The molecule has 0 aromatic carbocycles. The Morgan fingerprint density at radius 3 is 2.41 bits per heavy atom. The maximum absolute atomic E-state index is 13.7. The van der Waals surface area contributed by atoms with Gasteiger partial charge in [-0.3, -0.25) is 9.69 Å². The van der Waals surface area contributed by atoms with Crippen LogP contribution >= 0.6 is 0 Å². The lowest BCUT2D eigenvalue weighted by atomic mass is 9.66. The monoisotopic (exact) mass is 563 g/mol. The Bertz CT molecular complexity index is 1270. The van der Waals surface area contributed by atoms with Gasteiger partial charge < -0.3 is 16.4 Å². The van der Waals surface area contributed by atoms with Gasteiger partial charge in [-0.2, -0.15) is 0 Å². The molecule has 1 aliphatic carbocycles. The van der Waals surface area contributed by atoms with Gasteiger partial charge in [0.05, 0.1) is 23.7 Å². The summed E-state index contributed by atoms with van der Waals surface area (Å²) in [5, 5.41) is 10.7. The summed E-state index contributed by atoms with van der Waals surface area (Å²) in [7, 11) is -3.09. The molecule has 5 rings (SSSR count). The molecule has 2 aromatic heterocycles. The number of halogens is 1. The zero-order valence-corrected chi connectivity index (χ0v) is 23.7. The standard InChI is InChI=1S/C27H42FN7O3S/c1-39(37,38)20-9-13-34(14-10-20)23-21(16-30-18-27(23)11-7-5-3-2-4-6-8-12-27)32-26(36)22-24(29)33-35-17-19(28)15-31-25(22)35/h15,17,20-21,23,30H,2-14,16,18H2,1H3,(H2,29,33)(H,32,36). The molecule has 12 heteroatoms. The zero-order chi connectivity index (χ0) is 27.6. The number of piperidine rings is 2. The van der Waals surface area contributed by atoms with Gasteiger partial charge in [-0.05, 0) is 38.8 Å². The first-order valence-electron chi connectivity index (χ1n) is 14.4. The Labute approximate surface area is 230 Å². The summed E-state index contributed by atoms with van der Waals surface area (Å²) in [4.78, 5) is 20.2. The number of fused-ring (bicyclic) bond motifs is 1. The van der Waals surface area contributed by atoms with Gasteiger partial charge in [0.2, 0.25) is 0 Å². The van der Waals surface area contributed by atoms with Crippen molar-refractivity contribution in [3.8, 4) is 0 Å². The molecule has 1 amide bonds. The van der Waals surface area contributed by atoms with Crippen molar-refractivity contribution >= 4 is 27.2 Å². The van der Waals surface area contributed by atoms with Crippen LogP contribution in [-0.4, -0.2) is 83.6 Å². The molecule has 216 valence electrons. The van der Waals surface area contributed by atoms with Crippen LogP contribution in [0.15, 0.2) is 12.4 Å². The predicted molar refractivity (Wildman–Crippen MR) is 149 cm³/mol. The van der Waals surface area contributed by atoms with Crippen molar-refractivity contribution in [2.24, 2.45) is 5.41 Å². The Kier molecular flexibility index (Phi) is 8.44. The van der Waals surface area contributed by atoms with E-state index in [2.05, 4.69) is 25.6 Å². The van der Waals surface area contributed by atoms with Crippen molar-refractivity contribution in [2.45, 2.75) is 88.0 Å². The maximum atomic E-state index is 13.7. The smallest absolute Gasteiger partial charge is 0.259 e. The van der Waals surface area contributed by atoms with Crippen LogP contribution in [0.1, 0.15) is 81.0 Å². The van der Waals surface area contributed by atoms with E-state index in [0.29, 0.717) is 32.5 Å². The second kappa shape index (κ2) is 11.7. The summed E-state index contributed by atoms with van der Waals surface area (Å²) < 4.78 is 39.5. The maximum Gasteiger partial charge on any atom is 0.259 e. The largest absolute Gasteiger partial charge is 0.381 e. The highest BCUT2D eigenvalue weighted by Crippen LogP contribution is 2.42. The van der Waals surface area contributed by atoms with E-state index in [1.54, 1.807) is 0 Å². The van der Waals surface area contributed by atoms with Crippen LogP contribution in [0.25, 0.3) is 5.65 Å². The number of sulfone groups is 1. The van der Waals surface area contributed by atoms with E-state index >= 15 is 0 Å². The third-order valence-electron chi connectivity index (χ3n) is 9.19. The molecule has 4 N–H and O–H groups in total. The second-order valence-corrected chi connectivity index (χ2v) is 14.2. The van der Waals surface area contributed by atoms with Gasteiger partial charge in [0.1, 0.15) is 15.4 Å². The average molecular weight is 564 g/mol. The van der Waals surface area contributed by atoms with Crippen molar-refractivity contribution < 1.29 is 17.6 Å². The van der Waals surface area contributed by atoms with Crippen LogP contribution in [0.2, 0.25) is 0 Å². The molecular formula is C27H42FN7O3S. The number of hydrogen-bond acceptors (Lipinski definition) is 8. The molecule has 4 heterocycles. The van der Waals surface area contributed by atoms with E-state index in [-0.39, 0.29) is 45.7 Å². The number of rotatable bonds is 4. The van der Waals surface area contributed by atoms with Gasteiger partial charge in [-0.15, -0.1) is 5.10 Å². The Morgan fingerprint density at radius 1 is 1.13 bits per heavy atom. The Balaban J connectivity index is 1.45. The number of nitrogens with two attached hydrogens (primary N) is 1. The van der Waals surface area contributed by atoms with Gasteiger partial charge in [0, 0.05) is 30.8 Å². The van der Waals surface area contributed by atoms with Crippen LogP contribution in [0.4, 0.5) is 10.2 Å². The molecule has 10 nitrogen and oxygen atoms in total. The van der Waals surface area contributed by atoms with Crippen molar-refractivity contribution in [3.05, 3.63) is 23.8 Å². The number of amides is 1. The van der Waals surface area contributed by atoms with Gasteiger partial charge in [-0.25, -0.2) is 22.3 Å². The molecule has 2 unspecified atom stereocenters. The van der Waals surface area contributed by atoms with E-state index in [0.717, 1.165) is 44.6 Å². The zero-order valence-electron chi connectivity index (χ0n) is 22.9. The van der Waals surface area contributed by atoms with Gasteiger partial charge in [0.25, 0.3) is 5.91 Å². The number of likely N-dealkylation sites (tertiary alicyclic amines) is 1. The minimum atomic E-state index is -3.09. The molecule has 2 aromatic rings. The quantitative estimate of drug-likeness (QED) is 0.517. The summed E-state index contributed by atoms with van der Waals surface area (Å²) in [6.07, 6.45) is 15.4. The van der Waals surface area contributed by atoms with Crippen LogP contribution in [-0.2, 0) is 9.84 Å². The van der Waals surface area contributed by atoms with Crippen molar-refractivity contribution in [1.82, 2.24) is 30.1 Å². The fraction of sp³-hybridized carbons (Fsp3) is 0.741. The number of hydrogen-bond donors (Lipinski definition) is 3. The molecule has 3 aliphatic rings. The number of nitrogens with zero attached hydrogens (tertiary/aromatic N) is 4. The van der Waals surface area contributed by atoms with Crippen LogP contribution < -0.4 is 16.4 Å². The van der Waals surface area contributed by atoms with Gasteiger partial charge >= 0.3 is 0 Å². The summed E-state index contributed by atoms with van der Waals surface area (Å²) in [5.74, 6) is -0.932. The van der Waals surface area contributed by atoms with Crippen molar-refractivity contribution in [2.75, 3.05) is 38.2 Å². The molecule has 0 bridgehead atoms. The highest BCUT2D eigenvalue weighted by atomic mass is 32.2. The highest BCUT2D eigenvalue weighted by Gasteiger charge is 2.49. The van der Waals surface area contributed by atoms with E-state index in [4.69, 9.17) is 5.73 Å². The lowest BCUT2D eigenvalue weighted by Gasteiger charge is -2.55. The molecule has 1 saturated carbocycles. The van der Waals surface area contributed by atoms with E-state index in [1.807, 2.05) is 0 Å². The van der Waals surface area contributed by atoms with Gasteiger partial charge in [-0.1, -0.05) is 44.9 Å². The van der Waals surface area contributed by atoms with Crippen LogP contribution in [0, 0.1) is 11.2 Å². The summed E-state index contributed by atoms with van der Waals surface area (Å²) in [6.45, 7) is 2.87. The number of aromatic nitrogens is 3. The lowest BCUT2D eigenvalue weighted by molar-refractivity contribution is -0.0122. The first-order chi connectivity index (χ1) is 18.7. The fourth-order valence-electron chi connectivity index (χ4n) is 7.30. The van der Waals surface area contributed by atoms with Crippen molar-refractivity contribution in [3.63, 3.8) is 0 Å². The summed E-state index contributed by atoms with van der Waals surface area (Å²) in [6, 6.07) is -0.144. The first kappa shape index (κ1) is 28.2. The predicted octanol–water partition coefficient (Wildman–Crippen LogP) is 2.54. The minimum absolute atomic E-state index is 0.00768. The number of nitrogen functional groups attached to an aromatic ring is 1. The number of anilines is 1. The summed E-state index contributed by atoms with van der Waals surface area (Å²) >= 11 is 0. The van der Waals surface area contributed by atoms with Gasteiger partial charge in [0.15, 0.2) is 17.3 Å². The van der Waals surface area contributed by atoms with Crippen LogP contribution in [0.3, 0.4) is 0 Å². The topological polar surface area (TPSA) is 135 Å². The number of carbonyl (C=O) groups excluding carboxylic acids is 1. The normalized spacial score (nSPS) is 26.0. The Hall–Kier alpha value is -2.31. The molecule has 39 heavy (non-hydrogen) atoms.